The van der Waals surface area contributed by atoms with Crippen molar-refractivity contribution in [2.45, 2.75) is 12.8 Å². The number of benzene rings is 1. The molecular weight excluding hydrogens is 241 g/mol. The van der Waals surface area contributed by atoms with Gasteiger partial charge in [-0.3, -0.25) is 9.59 Å². The van der Waals surface area contributed by atoms with E-state index in [1.807, 2.05) is 0 Å². The Morgan fingerprint density at radius 2 is 2.17 bits per heavy atom. The van der Waals surface area contributed by atoms with E-state index in [1.54, 1.807) is 6.07 Å². The summed E-state index contributed by atoms with van der Waals surface area (Å²) in [5.41, 5.74) is 0.239. The van der Waals surface area contributed by atoms with Crippen molar-refractivity contribution in [1.82, 2.24) is 5.32 Å². The van der Waals surface area contributed by atoms with E-state index in [9.17, 15) is 14.0 Å². The van der Waals surface area contributed by atoms with Crippen LogP contribution in [0.5, 0.6) is 5.75 Å². The SMILES string of the molecule is COc1ccc(CC(=O)NCCC(=O)O)c(F)c1. The molecule has 1 rings (SSSR count). The lowest BCUT2D eigenvalue weighted by Gasteiger charge is -2.06. The second-order valence-corrected chi connectivity index (χ2v) is 3.63. The van der Waals surface area contributed by atoms with Crippen LogP contribution in [0.3, 0.4) is 0 Å². The maximum absolute atomic E-state index is 13.5. The van der Waals surface area contributed by atoms with Gasteiger partial charge in [0.05, 0.1) is 20.0 Å². The smallest absolute Gasteiger partial charge is 0.305 e. The number of hydrogen-bond acceptors (Lipinski definition) is 3. The summed E-state index contributed by atoms with van der Waals surface area (Å²) >= 11 is 0. The van der Waals surface area contributed by atoms with Crippen LogP contribution in [0.15, 0.2) is 18.2 Å². The molecular formula is C12H14FNO4. The number of halogens is 1. The van der Waals surface area contributed by atoms with Crippen LogP contribution in [0, 0.1) is 5.82 Å². The molecule has 0 aliphatic rings. The van der Waals surface area contributed by atoms with Gasteiger partial charge in [-0.1, -0.05) is 6.07 Å². The van der Waals surface area contributed by atoms with Gasteiger partial charge in [0.2, 0.25) is 5.91 Å². The molecule has 1 aromatic rings. The molecule has 6 heteroatoms. The molecule has 1 amide bonds. The van der Waals surface area contributed by atoms with Gasteiger partial charge in [-0.25, -0.2) is 4.39 Å². The quantitative estimate of drug-likeness (QED) is 0.794. The number of ether oxygens (including phenoxy) is 1. The number of rotatable bonds is 6. The van der Waals surface area contributed by atoms with E-state index in [2.05, 4.69) is 5.32 Å². The monoisotopic (exact) mass is 255 g/mol. The maximum atomic E-state index is 13.5. The maximum Gasteiger partial charge on any atom is 0.305 e. The van der Waals surface area contributed by atoms with Crippen molar-refractivity contribution in [2.75, 3.05) is 13.7 Å². The van der Waals surface area contributed by atoms with Crippen molar-refractivity contribution in [3.8, 4) is 5.75 Å². The van der Waals surface area contributed by atoms with Crippen molar-refractivity contribution < 1.29 is 23.8 Å². The van der Waals surface area contributed by atoms with Crippen LogP contribution in [0.2, 0.25) is 0 Å². The molecule has 0 bridgehead atoms. The third-order valence-corrected chi connectivity index (χ3v) is 2.27. The molecule has 0 heterocycles. The second-order valence-electron chi connectivity index (χ2n) is 3.63. The van der Waals surface area contributed by atoms with Crippen molar-refractivity contribution >= 4 is 11.9 Å². The fourth-order valence-electron chi connectivity index (χ4n) is 1.34. The minimum atomic E-state index is -0.995. The zero-order valence-electron chi connectivity index (χ0n) is 9.90. The normalized spacial score (nSPS) is 9.89. The topological polar surface area (TPSA) is 75.6 Å². The number of nitrogens with one attached hydrogen (secondary N) is 1. The van der Waals surface area contributed by atoms with E-state index in [0.717, 1.165) is 0 Å². The van der Waals surface area contributed by atoms with Crippen molar-refractivity contribution in [3.63, 3.8) is 0 Å². The van der Waals surface area contributed by atoms with Gasteiger partial charge in [-0.15, -0.1) is 0 Å². The molecule has 0 radical (unpaired) electrons. The van der Waals surface area contributed by atoms with Crippen LogP contribution in [-0.4, -0.2) is 30.6 Å². The van der Waals surface area contributed by atoms with Gasteiger partial charge in [0, 0.05) is 12.6 Å². The number of carbonyl (C=O) groups excluding carboxylic acids is 1. The number of carboxylic acid groups (broad SMARTS) is 1. The number of hydrogen-bond donors (Lipinski definition) is 2. The Morgan fingerprint density at radius 3 is 2.72 bits per heavy atom. The van der Waals surface area contributed by atoms with Crippen LogP contribution in [0.25, 0.3) is 0 Å². The van der Waals surface area contributed by atoms with E-state index in [4.69, 9.17) is 9.84 Å². The zero-order chi connectivity index (χ0) is 13.5. The average Bonchev–Trinajstić information content (AvgIpc) is 2.31. The summed E-state index contributed by atoms with van der Waals surface area (Å²) in [6.45, 7) is 0.0337. The largest absolute Gasteiger partial charge is 0.497 e. The van der Waals surface area contributed by atoms with Crippen molar-refractivity contribution in [3.05, 3.63) is 29.6 Å². The lowest BCUT2D eigenvalue weighted by molar-refractivity contribution is -0.136. The molecule has 2 N–H and O–H groups in total. The average molecular weight is 255 g/mol. The summed E-state index contributed by atoms with van der Waals surface area (Å²) in [7, 11) is 1.42. The highest BCUT2D eigenvalue weighted by Gasteiger charge is 2.09. The van der Waals surface area contributed by atoms with Gasteiger partial charge in [-0.05, 0) is 11.6 Å². The predicted octanol–water partition coefficient (Wildman–Crippen LogP) is 0.968. The number of carboxylic acids is 1. The highest BCUT2D eigenvalue weighted by molar-refractivity contribution is 5.79. The van der Waals surface area contributed by atoms with Gasteiger partial charge < -0.3 is 15.2 Å². The third-order valence-electron chi connectivity index (χ3n) is 2.27. The van der Waals surface area contributed by atoms with Crippen molar-refractivity contribution in [2.24, 2.45) is 0 Å². The standard InChI is InChI=1S/C12H14FNO4/c1-18-9-3-2-8(10(13)7-9)6-11(15)14-5-4-12(16)17/h2-3,7H,4-6H2,1H3,(H,14,15)(H,16,17). The Morgan fingerprint density at radius 1 is 1.44 bits per heavy atom. The minimum Gasteiger partial charge on any atom is -0.497 e. The highest BCUT2D eigenvalue weighted by Crippen LogP contribution is 2.16. The second kappa shape index (κ2) is 6.58. The van der Waals surface area contributed by atoms with E-state index in [1.165, 1.54) is 19.2 Å². The molecule has 0 aliphatic carbocycles. The number of aliphatic carboxylic acids is 1. The van der Waals surface area contributed by atoms with E-state index < -0.39 is 17.7 Å². The molecule has 0 atom stereocenters. The summed E-state index contributed by atoms with van der Waals surface area (Å²) in [6.07, 6.45) is -0.285. The van der Waals surface area contributed by atoms with E-state index >= 15 is 0 Å². The first-order chi connectivity index (χ1) is 8.52. The Bertz CT molecular complexity index is 448. The first-order valence-electron chi connectivity index (χ1n) is 5.34. The van der Waals surface area contributed by atoms with Gasteiger partial charge in [-0.2, -0.15) is 0 Å². The van der Waals surface area contributed by atoms with Crippen LogP contribution < -0.4 is 10.1 Å². The number of carbonyl (C=O) groups is 2. The first-order valence-corrected chi connectivity index (χ1v) is 5.34. The summed E-state index contributed by atoms with van der Waals surface area (Å²) in [5.74, 6) is -1.56. The van der Waals surface area contributed by atoms with Crippen LogP contribution >= 0.6 is 0 Å². The van der Waals surface area contributed by atoms with Gasteiger partial charge in [0.15, 0.2) is 0 Å². The number of amides is 1. The molecule has 1 aromatic carbocycles. The van der Waals surface area contributed by atoms with E-state index in [0.29, 0.717) is 5.75 Å². The van der Waals surface area contributed by atoms with Gasteiger partial charge >= 0.3 is 5.97 Å². The Labute approximate surface area is 104 Å². The first kappa shape index (κ1) is 14.0. The Balaban J connectivity index is 2.51. The molecule has 0 fully saturated rings. The summed E-state index contributed by atoms with van der Waals surface area (Å²) < 4.78 is 18.3. The Kier molecular flexibility index (Phi) is 5.10. The molecule has 0 aliphatic heterocycles. The number of methoxy groups -OCH3 is 1. The summed E-state index contributed by atoms with van der Waals surface area (Å²) in [4.78, 5) is 21.6. The Hall–Kier alpha value is -2.11. The van der Waals surface area contributed by atoms with E-state index in [-0.39, 0.29) is 24.9 Å². The molecule has 98 valence electrons. The fourth-order valence-corrected chi connectivity index (χ4v) is 1.34. The summed E-state index contributed by atoms with van der Waals surface area (Å²) in [5, 5.41) is 10.8. The molecule has 5 nitrogen and oxygen atoms in total. The zero-order valence-corrected chi connectivity index (χ0v) is 9.90. The highest BCUT2D eigenvalue weighted by atomic mass is 19.1. The molecule has 0 saturated carbocycles. The minimum absolute atomic E-state index is 0.0337. The fraction of sp³-hybridized carbons (Fsp3) is 0.333. The molecule has 0 spiro atoms. The lowest BCUT2D eigenvalue weighted by atomic mass is 10.1. The van der Waals surface area contributed by atoms with Crippen LogP contribution in [-0.2, 0) is 16.0 Å². The molecule has 0 saturated heterocycles. The molecule has 0 unspecified atom stereocenters. The predicted molar refractivity (Wildman–Crippen MR) is 61.9 cm³/mol. The summed E-state index contributed by atoms with van der Waals surface area (Å²) in [6, 6.07) is 4.22. The third kappa shape index (κ3) is 4.40. The van der Waals surface area contributed by atoms with Crippen LogP contribution in [0.4, 0.5) is 4.39 Å². The van der Waals surface area contributed by atoms with Crippen LogP contribution in [0.1, 0.15) is 12.0 Å². The molecule has 0 aromatic heterocycles. The van der Waals surface area contributed by atoms with Gasteiger partial charge in [0.25, 0.3) is 0 Å². The lowest BCUT2D eigenvalue weighted by Crippen LogP contribution is -2.27. The molecule has 18 heavy (non-hydrogen) atoms. The van der Waals surface area contributed by atoms with Gasteiger partial charge in [0.1, 0.15) is 11.6 Å². The van der Waals surface area contributed by atoms with Crippen molar-refractivity contribution in [1.29, 1.82) is 0 Å².